The Labute approximate surface area is 146 Å². The van der Waals surface area contributed by atoms with Gasteiger partial charge < -0.3 is 18.9 Å². The number of rotatable bonds is 8. The van der Waals surface area contributed by atoms with Crippen molar-refractivity contribution in [3.63, 3.8) is 0 Å². The first-order valence-corrected chi connectivity index (χ1v) is 7.74. The van der Waals surface area contributed by atoms with Crippen molar-refractivity contribution in [3.8, 4) is 17.2 Å². The van der Waals surface area contributed by atoms with Gasteiger partial charge in [0.2, 0.25) is 0 Å². The Morgan fingerprint density at radius 2 is 1.52 bits per heavy atom. The summed E-state index contributed by atoms with van der Waals surface area (Å²) in [4.78, 5) is 24.2. The van der Waals surface area contributed by atoms with E-state index in [-0.39, 0.29) is 12.4 Å². The first kappa shape index (κ1) is 18.3. The van der Waals surface area contributed by atoms with Crippen LogP contribution in [-0.2, 0) is 4.74 Å². The Morgan fingerprint density at radius 3 is 2.12 bits per heavy atom. The van der Waals surface area contributed by atoms with Gasteiger partial charge in [-0.2, -0.15) is 0 Å². The fourth-order valence-corrected chi connectivity index (χ4v) is 2.16. The van der Waals surface area contributed by atoms with E-state index >= 15 is 0 Å². The Hall–Kier alpha value is -3.02. The number of methoxy groups -OCH3 is 2. The minimum Gasteiger partial charge on any atom is -0.494 e. The molecule has 2 rings (SSSR count). The number of carbonyl (C=O) groups is 2. The zero-order valence-electron chi connectivity index (χ0n) is 14.4. The van der Waals surface area contributed by atoms with Crippen molar-refractivity contribution in [2.75, 3.05) is 27.4 Å². The van der Waals surface area contributed by atoms with E-state index in [1.54, 1.807) is 42.5 Å². The number of esters is 1. The van der Waals surface area contributed by atoms with Crippen LogP contribution in [-0.4, -0.2) is 39.2 Å². The van der Waals surface area contributed by atoms with Gasteiger partial charge in [-0.1, -0.05) is 0 Å². The van der Waals surface area contributed by atoms with E-state index in [1.165, 1.54) is 14.2 Å². The highest BCUT2D eigenvalue weighted by Crippen LogP contribution is 2.27. The van der Waals surface area contributed by atoms with Crippen LogP contribution in [0, 0.1) is 0 Å². The van der Waals surface area contributed by atoms with E-state index in [9.17, 15) is 9.59 Å². The van der Waals surface area contributed by atoms with Crippen LogP contribution in [0.1, 0.15) is 27.6 Å². The molecule has 2 aromatic rings. The van der Waals surface area contributed by atoms with Crippen LogP contribution in [0.15, 0.2) is 42.5 Å². The van der Waals surface area contributed by atoms with Crippen LogP contribution in [0.5, 0.6) is 17.2 Å². The molecule has 0 unspecified atom stereocenters. The standard InChI is InChI=1S/C19H20O6/c1-4-24-15-8-5-13(6-9-15)19(21)25-12-16(20)14-7-10-17(22-2)18(11-14)23-3/h5-11H,4,12H2,1-3H3. The lowest BCUT2D eigenvalue weighted by atomic mass is 10.1. The summed E-state index contributed by atoms with van der Waals surface area (Å²) in [6, 6.07) is 11.3. The first-order valence-electron chi connectivity index (χ1n) is 7.74. The maximum absolute atomic E-state index is 12.2. The molecule has 0 aliphatic rings. The number of ether oxygens (including phenoxy) is 4. The largest absolute Gasteiger partial charge is 0.494 e. The number of carbonyl (C=O) groups excluding carboxylic acids is 2. The summed E-state index contributed by atoms with van der Waals surface area (Å²) in [5, 5.41) is 0. The topological polar surface area (TPSA) is 71.1 Å². The number of hydrogen-bond donors (Lipinski definition) is 0. The Bertz CT molecular complexity index is 736. The van der Waals surface area contributed by atoms with Crippen molar-refractivity contribution < 1.29 is 28.5 Å². The fraction of sp³-hybridized carbons (Fsp3) is 0.263. The first-order chi connectivity index (χ1) is 12.1. The summed E-state index contributed by atoms with van der Waals surface area (Å²) < 4.78 is 20.7. The van der Waals surface area contributed by atoms with Gasteiger partial charge in [-0.15, -0.1) is 0 Å². The van der Waals surface area contributed by atoms with Gasteiger partial charge in [-0.3, -0.25) is 4.79 Å². The quantitative estimate of drug-likeness (QED) is 0.541. The number of ketones is 1. The molecule has 0 aliphatic carbocycles. The van der Waals surface area contributed by atoms with Crippen LogP contribution < -0.4 is 14.2 Å². The van der Waals surface area contributed by atoms with E-state index in [0.29, 0.717) is 35.0 Å². The molecule has 0 aliphatic heterocycles. The molecule has 0 saturated heterocycles. The monoisotopic (exact) mass is 344 g/mol. The molecular formula is C19H20O6. The van der Waals surface area contributed by atoms with Gasteiger partial charge in [0, 0.05) is 5.56 Å². The molecule has 0 fully saturated rings. The maximum atomic E-state index is 12.2. The molecule has 0 heterocycles. The van der Waals surface area contributed by atoms with E-state index in [0.717, 1.165) is 0 Å². The van der Waals surface area contributed by atoms with Crippen LogP contribution >= 0.6 is 0 Å². The molecule has 0 N–H and O–H groups in total. The number of benzene rings is 2. The molecule has 132 valence electrons. The highest BCUT2D eigenvalue weighted by atomic mass is 16.5. The van der Waals surface area contributed by atoms with Crippen molar-refractivity contribution in [1.82, 2.24) is 0 Å². The minimum atomic E-state index is -0.572. The second-order valence-corrected chi connectivity index (χ2v) is 5.03. The van der Waals surface area contributed by atoms with Crippen molar-refractivity contribution in [2.24, 2.45) is 0 Å². The van der Waals surface area contributed by atoms with E-state index in [2.05, 4.69) is 0 Å². The average Bonchev–Trinajstić information content (AvgIpc) is 2.66. The third-order valence-electron chi connectivity index (χ3n) is 3.44. The average molecular weight is 344 g/mol. The zero-order valence-corrected chi connectivity index (χ0v) is 14.4. The molecule has 25 heavy (non-hydrogen) atoms. The molecular weight excluding hydrogens is 324 g/mol. The molecule has 6 nitrogen and oxygen atoms in total. The predicted octanol–water partition coefficient (Wildman–Crippen LogP) is 3.14. The minimum absolute atomic E-state index is 0.333. The van der Waals surface area contributed by atoms with E-state index < -0.39 is 5.97 Å². The summed E-state index contributed by atoms with van der Waals surface area (Å²) in [6.45, 7) is 2.06. The van der Waals surface area contributed by atoms with Gasteiger partial charge in [-0.05, 0) is 49.4 Å². The molecule has 0 saturated carbocycles. The van der Waals surface area contributed by atoms with Crippen LogP contribution in [0.4, 0.5) is 0 Å². The van der Waals surface area contributed by atoms with Crippen LogP contribution in [0.25, 0.3) is 0 Å². The number of hydrogen-bond acceptors (Lipinski definition) is 6. The number of Topliss-reactive ketones (excluding diaryl/α,β-unsaturated/α-hetero) is 1. The van der Waals surface area contributed by atoms with Gasteiger partial charge in [0.15, 0.2) is 23.9 Å². The maximum Gasteiger partial charge on any atom is 0.338 e. The van der Waals surface area contributed by atoms with Gasteiger partial charge >= 0.3 is 5.97 Å². The lowest BCUT2D eigenvalue weighted by Gasteiger charge is -2.09. The highest BCUT2D eigenvalue weighted by molar-refractivity contribution is 5.99. The summed E-state index contributed by atoms with van der Waals surface area (Å²) >= 11 is 0. The Morgan fingerprint density at radius 1 is 0.880 bits per heavy atom. The third kappa shape index (κ3) is 4.73. The SMILES string of the molecule is CCOc1ccc(C(=O)OCC(=O)c2ccc(OC)c(OC)c2)cc1. The lowest BCUT2D eigenvalue weighted by molar-refractivity contribution is 0.0474. The van der Waals surface area contributed by atoms with Crippen molar-refractivity contribution >= 4 is 11.8 Å². The van der Waals surface area contributed by atoms with Gasteiger partial charge in [-0.25, -0.2) is 4.79 Å². The van der Waals surface area contributed by atoms with Crippen molar-refractivity contribution in [2.45, 2.75) is 6.92 Å². The van der Waals surface area contributed by atoms with Crippen molar-refractivity contribution in [1.29, 1.82) is 0 Å². The Balaban J connectivity index is 1.98. The van der Waals surface area contributed by atoms with E-state index in [1.807, 2.05) is 6.92 Å². The second-order valence-electron chi connectivity index (χ2n) is 5.03. The summed E-state index contributed by atoms with van der Waals surface area (Å²) in [6.07, 6.45) is 0. The molecule has 6 heteroatoms. The molecule has 0 aromatic heterocycles. The van der Waals surface area contributed by atoms with E-state index in [4.69, 9.17) is 18.9 Å². The van der Waals surface area contributed by atoms with Gasteiger partial charge in [0.25, 0.3) is 0 Å². The molecule has 0 spiro atoms. The van der Waals surface area contributed by atoms with Crippen LogP contribution in [0.2, 0.25) is 0 Å². The third-order valence-corrected chi connectivity index (χ3v) is 3.44. The molecule has 0 radical (unpaired) electrons. The highest BCUT2D eigenvalue weighted by Gasteiger charge is 2.14. The fourth-order valence-electron chi connectivity index (χ4n) is 2.16. The molecule has 2 aromatic carbocycles. The van der Waals surface area contributed by atoms with Gasteiger partial charge in [0.05, 0.1) is 26.4 Å². The smallest absolute Gasteiger partial charge is 0.338 e. The summed E-state index contributed by atoms with van der Waals surface area (Å²) in [7, 11) is 3.00. The zero-order chi connectivity index (χ0) is 18.2. The summed E-state index contributed by atoms with van der Waals surface area (Å²) in [5.41, 5.74) is 0.723. The summed E-state index contributed by atoms with van der Waals surface area (Å²) in [5.74, 6) is 0.717. The molecule has 0 atom stereocenters. The lowest BCUT2D eigenvalue weighted by Crippen LogP contribution is -2.14. The molecule has 0 amide bonds. The normalized spacial score (nSPS) is 10.0. The van der Waals surface area contributed by atoms with Crippen molar-refractivity contribution in [3.05, 3.63) is 53.6 Å². The second kappa shape index (κ2) is 8.73. The van der Waals surface area contributed by atoms with Crippen LogP contribution in [0.3, 0.4) is 0 Å². The predicted molar refractivity (Wildman–Crippen MR) is 91.8 cm³/mol. The molecule has 0 bridgehead atoms. The Kier molecular flexibility index (Phi) is 6.39. The van der Waals surface area contributed by atoms with Gasteiger partial charge in [0.1, 0.15) is 5.75 Å².